The van der Waals surface area contributed by atoms with Gasteiger partial charge in [-0.05, 0) is 30.5 Å². The first-order valence-corrected chi connectivity index (χ1v) is 10.0. The van der Waals surface area contributed by atoms with E-state index in [-0.39, 0.29) is 11.3 Å². The van der Waals surface area contributed by atoms with Crippen molar-refractivity contribution in [3.05, 3.63) is 41.2 Å². The van der Waals surface area contributed by atoms with E-state index in [0.717, 1.165) is 13.0 Å². The molecule has 1 atom stereocenters. The van der Waals surface area contributed by atoms with Crippen molar-refractivity contribution in [2.45, 2.75) is 64.8 Å². The fourth-order valence-electron chi connectivity index (χ4n) is 2.79. The molecule has 2 aromatic rings. The highest BCUT2D eigenvalue weighted by Gasteiger charge is 2.09. The summed E-state index contributed by atoms with van der Waals surface area (Å²) in [4.78, 5) is 12.8. The maximum absolute atomic E-state index is 6.05. The van der Waals surface area contributed by atoms with Crippen LogP contribution in [0.2, 0.25) is 5.28 Å². The molecular formula is C20H30ClN5. The summed E-state index contributed by atoms with van der Waals surface area (Å²) in [6, 6.07) is 10.3. The Labute approximate surface area is 162 Å². The van der Waals surface area contributed by atoms with E-state index in [1.807, 2.05) is 18.2 Å². The third-order valence-electron chi connectivity index (χ3n) is 4.32. The van der Waals surface area contributed by atoms with Crippen molar-refractivity contribution in [2.75, 3.05) is 17.2 Å². The fraction of sp³-hybridized carbons (Fsp3) is 0.550. The van der Waals surface area contributed by atoms with Crippen LogP contribution in [-0.2, 0) is 0 Å². The highest BCUT2D eigenvalue weighted by molar-refractivity contribution is 6.28. The number of rotatable bonds is 12. The van der Waals surface area contributed by atoms with Gasteiger partial charge in [-0.3, -0.25) is 0 Å². The SMILES string of the molecule is CCCCCCCCCNc1nc(Cl)nc(N[C@@H](C)c2ccccc2)n1. The molecule has 0 aliphatic rings. The first-order valence-electron chi connectivity index (χ1n) is 9.66. The number of nitrogens with one attached hydrogen (secondary N) is 2. The third kappa shape index (κ3) is 7.56. The van der Waals surface area contributed by atoms with E-state index in [2.05, 4.69) is 51.6 Å². The Bertz CT molecular complexity index is 635. The molecule has 0 aliphatic carbocycles. The van der Waals surface area contributed by atoms with Gasteiger partial charge in [-0.25, -0.2) is 0 Å². The molecule has 0 bridgehead atoms. The summed E-state index contributed by atoms with van der Waals surface area (Å²) in [6.07, 6.45) is 8.95. The van der Waals surface area contributed by atoms with Crippen LogP contribution in [0.5, 0.6) is 0 Å². The molecular weight excluding hydrogens is 346 g/mol. The lowest BCUT2D eigenvalue weighted by Crippen LogP contribution is -2.12. The lowest BCUT2D eigenvalue weighted by molar-refractivity contribution is 0.596. The Hall–Kier alpha value is -1.88. The van der Waals surface area contributed by atoms with E-state index in [1.54, 1.807) is 0 Å². The summed E-state index contributed by atoms with van der Waals surface area (Å²) < 4.78 is 0. The van der Waals surface area contributed by atoms with Crippen LogP contribution < -0.4 is 10.6 Å². The lowest BCUT2D eigenvalue weighted by Gasteiger charge is -2.14. The summed E-state index contributed by atoms with van der Waals surface area (Å²) in [6.45, 7) is 5.16. The van der Waals surface area contributed by atoms with E-state index in [4.69, 9.17) is 11.6 Å². The van der Waals surface area contributed by atoms with Gasteiger partial charge in [0.25, 0.3) is 0 Å². The van der Waals surface area contributed by atoms with Gasteiger partial charge in [-0.2, -0.15) is 15.0 Å². The average molecular weight is 376 g/mol. The van der Waals surface area contributed by atoms with Gasteiger partial charge in [-0.1, -0.05) is 75.8 Å². The Morgan fingerprint density at radius 1 is 0.885 bits per heavy atom. The zero-order valence-corrected chi connectivity index (χ0v) is 16.6. The molecule has 1 aromatic carbocycles. The van der Waals surface area contributed by atoms with Crippen LogP contribution in [0.4, 0.5) is 11.9 Å². The first-order chi connectivity index (χ1) is 12.7. The zero-order valence-electron chi connectivity index (χ0n) is 15.8. The van der Waals surface area contributed by atoms with E-state index >= 15 is 0 Å². The second kappa shape index (κ2) is 11.7. The van der Waals surface area contributed by atoms with Crippen molar-refractivity contribution in [3.8, 4) is 0 Å². The molecule has 0 spiro atoms. The van der Waals surface area contributed by atoms with Crippen molar-refractivity contribution in [1.29, 1.82) is 0 Å². The van der Waals surface area contributed by atoms with Crippen LogP contribution in [0.1, 0.15) is 70.4 Å². The average Bonchev–Trinajstić information content (AvgIpc) is 2.64. The molecule has 0 saturated carbocycles. The molecule has 6 heteroatoms. The summed E-state index contributed by atoms with van der Waals surface area (Å²) in [5.41, 5.74) is 1.17. The zero-order chi connectivity index (χ0) is 18.6. The highest BCUT2D eigenvalue weighted by Crippen LogP contribution is 2.18. The van der Waals surface area contributed by atoms with E-state index in [9.17, 15) is 0 Å². The Morgan fingerprint density at radius 2 is 1.54 bits per heavy atom. The Morgan fingerprint density at radius 3 is 2.27 bits per heavy atom. The van der Waals surface area contributed by atoms with Crippen LogP contribution in [-0.4, -0.2) is 21.5 Å². The molecule has 26 heavy (non-hydrogen) atoms. The molecule has 0 unspecified atom stereocenters. The monoisotopic (exact) mass is 375 g/mol. The van der Waals surface area contributed by atoms with Crippen molar-refractivity contribution in [2.24, 2.45) is 0 Å². The minimum atomic E-state index is 0.0886. The summed E-state index contributed by atoms with van der Waals surface area (Å²) in [5.74, 6) is 1.02. The Balaban J connectivity index is 1.78. The van der Waals surface area contributed by atoms with Gasteiger partial charge in [0.15, 0.2) is 0 Å². The van der Waals surface area contributed by atoms with E-state index in [0.29, 0.717) is 11.9 Å². The van der Waals surface area contributed by atoms with Gasteiger partial charge in [0.2, 0.25) is 17.2 Å². The number of unbranched alkanes of at least 4 members (excludes halogenated alkanes) is 6. The lowest BCUT2D eigenvalue weighted by atomic mass is 10.1. The smallest absolute Gasteiger partial charge is 0.229 e. The number of benzene rings is 1. The third-order valence-corrected chi connectivity index (χ3v) is 4.49. The second-order valence-corrected chi connectivity index (χ2v) is 6.91. The molecule has 0 amide bonds. The maximum Gasteiger partial charge on any atom is 0.229 e. The minimum Gasteiger partial charge on any atom is -0.354 e. The molecule has 5 nitrogen and oxygen atoms in total. The van der Waals surface area contributed by atoms with Gasteiger partial charge in [0.05, 0.1) is 6.04 Å². The predicted molar refractivity (Wildman–Crippen MR) is 110 cm³/mol. The van der Waals surface area contributed by atoms with Crippen molar-refractivity contribution in [1.82, 2.24) is 15.0 Å². The second-order valence-electron chi connectivity index (χ2n) is 6.58. The largest absolute Gasteiger partial charge is 0.354 e. The topological polar surface area (TPSA) is 62.7 Å². The minimum absolute atomic E-state index is 0.0886. The maximum atomic E-state index is 6.05. The van der Waals surface area contributed by atoms with Crippen molar-refractivity contribution < 1.29 is 0 Å². The molecule has 0 aliphatic heterocycles. The number of hydrogen-bond donors (Lipinski definition) is 2. The number of hydrogen-bond acceptors (Lipinski definition) is 5. The van der Waals surface area contributed by atoms with Crippen LogP contribution in [0.15, 0.2) is 30.3 Å². The van der Waals surface area contributed by atoms with Gasteiger partial charge in [0, 0.05) is 6.54 Å². The van der Waals surface area contributed by atoms with Crippen LogP contribution >= 0.6 is 11.6 Å². The molecule has 0 radical (unpaired) electrons. The molecule has 0 fully saturated rings. The van der Waals surface area contributed by atoms with Crippen LogP contribution in [0, 0.1) is 0 Å². The normalized spacial score (nSPS) is 12.0. The molecule has 1 heterocycles. The summed E-state index contributed by atoms with van der Waals surface area (Å²) in [5, 5.41) is 6.74. The highest BCUT2D eigenvalue weighted by atomic mass is 35.5. The van der Waals surface area contributed by atoms with Crippen LogP contribution in [0.25, 0.3) is 0 Å². The fourth-order valence-corrected chi connectivity index (χ4v) is 2.95. The molecule has 2 rings (SSSR count). The predicted octanol–water partition coefficient (Wildman–Crippen LogP) is 5.86. The molecule has 1 aromatic heterocycles. The molecule has 142 valence electrons. The van der Waals surface area contributed by atoms with Crippen molar-refractivity contribution >= 4 is 23.5 Å². The standard InChI is InChI=1S/C20H30ClN5/c1-3-4-5-6-7-8-12-15-22-19-24-18(21)25-20(26-19)23-16(2)17-13-10-9-11-14-17/h9-11,13-14,16H,3-8,12,15H2,1-2H3,(H2,22,23,24,25,26)/t16-/m0/s1. The number of aromatic nitrogens is 3. The molecule has 2 N–H and O–H groups in total. The van der Waals surface area contributed by atoms with Gasteiger partial charge in [-0.15, -0.1) is 0 Å². The Kier molecular flexibility index (Phi) is 9.18. The van der Waals surface area contributed by atoms with Crippen LogP contribution in [0.3, 0.4) is 0 Å². The summed E-state index contributed by atoms with van der Waals surface area (Å²) in [7, 11) is 0. The number of anilines is 2. The van der Waals surface area contributed by atoms with Crippen molar-refractivity contribution in [3.63, 3.8) is 0 Å². The van der Waals surface area contributed by atoms with E-state index in [1.165, 1.54) is 44.1 Å². The number of halogens is 1. The first kappa shape index (κ1) is 20.4. The van der Waals surface area contributed by atoms with Gasteiger partial charge < -0.3 is 10.6 Å². The molecule has 0 saturated heterocycles. The van der Waals surface area contributed by atoms with Gasteiger partial charge >= 0.3 is 0 Å². The van der Waals surface area contributed by atoms with Gasteiger partial charge in [0.1, 0.15) is 0 Å². The summed E-state index contributed by atoms with van der Waals surface area (Å²) >= 11 is 6.05. The quantitative estimate of drug-likeness (QED) is 0.455. The van der Waals surface area contributed by atoms with E-state index < -0.39 is 0 Å². The number of nitrogens with zero attached hydrogens (tertiary/aromatic N) is 3.